The van der Waals surface area contributed by atoms with Crippen molar-refractivity contribution in [3.63, 3.8) is 0 Å². The van der Waals surface area contributed by atoms with Gasteiger partial charge in [0.05, 0.1) is 0 Å². The molecule has 0 aromatic heterocycles. The van der Waals surface area contributed by atoms with Gasteiger partial charge in [0.1, 0.15) is 0 Å². The highest BCUT2D eigenvalue weighted by Crippen LogP contribution is 2.41. The predicted octanol–water partition coefficient (Wildman–Crippen LogP) is 12.4. The predicted molar refractivity (Wildman–Crippen MR) is 181 cm³/mol. The van der Waals surface area contributed by atoms with Crippen LogP contribution in [-0.2, 0) is 0 Å². The van der Waals surface area contributed by atoms with Crippen LogP contribution in [0.1, 0.15) is 94.9 Å². The molecule has 0 radical (unpaired) electrons. The van der Waals surface area contributed by atoms with Crippen LogP contribution in [0.2, 0.25) is 0 Å². The monoisotopic (exact) mass is 534 g/mol. The second-order valence-corrected chi connectivity index (χ2v) is 12.9. The number of rotatable bonds is 9. The van der Waals surface area contributed by atoms with Crippen LogP contribution in [0, 0.1) is 10.8 Å². The fraction of sp³-hybridized carbons (Fsp3) is 0.400. The molecule has 0 fully saturated rings. The van der Waals surface area contributed by atoms with Gasteiger partial charge in [-0.3, -0.25) is 0 Å². The van der Waals surface area contributed by atoms with Crippen molar-refractivity contribution in [2.24, 2.45) is 10.8 Å². The molecule has 0 saturated heterocycles. The Bertz CT molecular complexity index is 1160. The minimum atomic E-state index is 0.259. The van der Waals surface area contributed by atoms with E-state index in [4.69, 9.17) is 0 Å². The molecule has 0 aromatic rings. The quantitative estimate of drug-likeness (QED) is 0.258. The minimum absolute atomic E-state index is 0.259. The van der Waals surface area contributed by atoms with Gasteiger partial charge in [0.2, 0.25) is 0 Å². The second-order valence-electron chi connectivity index (χ2n) is 12.9. The van der Waals surface area contributed by atoms with Gasteiger partial charge in [-0.1, -0.05) is 158 Å². The van der Waals surface area contributed by atoms with Crippen LogP contribution in [-0.4, -0.2) is 0 Å². The first-order valence-electron chi connectivity index (χ1n) is 15.0. The Morgan fingerprint density at radius 1 is 0.525 bits per heavy atom. The topological polar surface area (TPSA) is 0 Å². The zero-order chi connectivity index (χ0) is 29.8. The number of allylic oxidation sites excluding steroid dienone is 24. The van der Waals surface area contributed by atoms with E-state index >= 15 is 0 Å². The maximum atomic E-state index is 2.37. The fourth-order valence-corrected chi connectivity index (χ4v) is 5.34. The van der Waals surface area contributed by atoms with Gasteiger partial charge < -0.3 is 0 Å². The van der Waals surface area contributed by atoms with E-state index in [0.29, 0.717) is 0 Å². The van der Waals surface area contributed by atoms with E-state index in [0.717, 1.165) is 0 Å². The zero-order valence-electron chi connectivity index (χ0n) is 27.1. The molecule has 0 saturated carbocycles. The molecule has 0 aromatic carbocycles. The molecule has 0 heteroatoms. The molecule has 0 unspecified atom stereocenters. The largest absolute Gasteiger partial charge is 0.0813 e. The van der Waals surface area contributed by atoms with E-state index in [1.54, 1.807) is 0 Å². The molecule has 2 aliphatic rings. The van der Waals surface area contributed by atoms with Crippen molar-refractivity contribution >= 4 is 0 Å². The van der Waals surface area contributed by atoms with Gasteiger partial charge in [-0.2, -0.15) is 0 Å². The lowest BCUT2D eigenvalue weighted by Crippen LogP contribution is -2.18. The summed E-state index contributed by atoms with van der Waals surface area (Å²) in [5, 5.41) is 0. The lowest BCUT2D eigenvalue weighted by Gasteiger charge is -2.32. The molecule has 0 nitrogen and oxygen atoms in total. The maximum absolute atomic E-state index is 2.37. The van der Waals surface area contributed by atoms with Crippen molar-refractivity contribution in [3.05, 3.63) is 142 Å². The van der Waals surface area contributed by atoms with E-state index in [1.165, 1.54) is 70.3 Å². The SMILES string of the molecule is CC(C=CC=CC(C)=CC=CC(C)=CC=C1C(C)=CCCC1(C)C)=CC=CC(C)=CC=C1C(C)=CCCC1(C)C. The van der Waals surface area contributed by atoms with E-state index in [2.05, 4.69) is 166 Å². The Morgan fingerprint density at radius 3 is 1.20 bits per heavy atom. The van der Waals surface area contributed by atoms with Crippen LogP contribution in [0.4, 0.5) is 0 Å². The third-order valence-corrected chi connectivity index (χ3v) is 8.04. The maximum Gasteiger partial charge on any atom is -0.00981 e. The van der Waals surface area contributed by atoms with Gasteiger partial charge in [-0.25, -0.2) is 0 Å². The first kappa shape index (κ1) is 33.1. The number of hydrogen-bond donors (Lipinski definition) is 0. The standard InChI is InChI=1S/C40H54/c1-31(19-13-21-33(3)25-27-37-35(5)23-15-29-39(37,7)8)17-11-12-18-32(2)20-14-22-34(4)26-28-38-36(6)24-16-30-40(38,9)10/h11-14,17-28H,15-16,29-30H2,1-10H3. The summed E-state index contributed by atoms with van der Waals surface area (Å²) in [6.45, 7) is 22.5. The molecule has 0 amide bonds. The Hall–Kier alpha value is -3.12. The highest BCUT2D eigenvalue weighted by Gasteiger charge is 2.27. The Balaban J connectivity index is 1.90. The summed E-state index contributed by atoms with van der Waals surface area (Å²) < 4.78 is 0. The molecular formula is C40H54. The molecular weight excluding hydrogens is 480 g/mol. The second kappa shape index (κ2) is 15.6. The first-order valence-corrected chi connectivity index (χ1v) is 15.0. The van der Waals surface area contributed by atoms with Crippen LogP contribution in [0.5, 0.6) is 0 Å². The van der Waals surface area contributed by atoms with Crippen molar-refractivity contribution in [2.45, 2.75) is 94.9 Å². The van der Waals surface area contributed by atoms with Crippen LogP contribution in [0.3, 0.4) is 0 Å². The smallest absolute Gasteiger partial charge is 0.00981 e. The van der Waals surface area contributed by atoms with Crippen molar-refractivity contribution in [1.82, 2.24) is 0 Å². The van der Waals surface area contributed by atoms with Crippen molar-refractivity contribution < 1.29 is 0 Å². The summed E-state index contributed by atoms with van der Waals surface area (Å²) in [5.41, 5.74) is 11.3. The highest BCUT2D eigenvalue weighted by atomic mass is 14.3. The summed E-state index contributed by atoms with van der Waals surface area (Å²) in [7, 11) is 0. The normalized spacial score (nSPS) is 23.4. The molecule has 0 spiro atoms. The van der Waals surface area contributed by atoms with Crippen molar-refractivity contribution in [2.75, 3.05) is 0 Å². The van der Waals surface area contributed by atoms with E-state index < -0.39 is 0 Å². The van der Waals surface area contributed by atoms with Gasteiger partial charge in [0.25, 0.3) is 0 Å². The Kier molecular flexibility index (Phi) is 12.9. The first-order chi connectivity index (χ1) is 18.8. The average molecular weight is 535 g/mol. The van der Waals surface area contributed by atoms with Gasteiger partial charge in [0.15, 0.2) is 0 Å². The summed E-state index contributed by atoms with van der Waals surface area (Å²) in [4.78, 5) is 0. The molecule has 0 heterocycles. The third kappa shape index (κ3) is 11.2. The molecule has 0 bridgehead atoms. The fourth-order valence-electron chi connectivity index (χ4n) is 5.34. The van der Waals surface area contributed by atoms with Crippen LogP contribution in [0.25, 0.3) is 0 Å². The highest BCUT2D eigenvalue weighted by molar-refractivity contribution is 5.42. The average Bonchev–Trinajstić information content (AvgIpc) is 2.85. The molecule has 40 heavy (non-hydrogen) atoms. The van der Waals surface area contributed by atoms with E-state index in [9.17, 15) is 0 Å². The summed E-state index contributed by atoms with van der Waals surface area (Å²) in [6.07, 6.45) is 40.1. The molecule has 0 N–H and O–H groups in total. The van der Waals surface area contributed by atoms with Gasteiger partial charge >= 0.3 is 0 Å². The molecule has 2 aliphatic carbocycles. The minimum Gasteiger partial charge on any atom is -0.0813 e. The lowest BCUT2D eigenvalue weighted by atomic mass is 9.73. The zero-order valence-corrected chi connectivity index (χ0v) is 27.1. The van der Waals surface area contributed by atoms with Crippen molar-refractivity contribution in [3.8, 4) is 0 Å². The van der Waals surface area contributed by atoms with Gasteiger partial charge in [-0.05, 0) is 89.2 Å². The summed E-state index contributed by atoms with van der Waals surface area (Å²) in [5.74, 6) is 0. The summed E-state index contributed by atoms with van der Waals surface area (Å²) in [6, 6.07) is 0. The molecule has 214 valence electrons. The molecule has 2 rings (SSSR count). The summed E-state index contributed by atoms with van der Waals surface area (Å²) >= 11 is 0. The van der Waals surface area contributed by atoms with Crippen LogP contribution >= 0.6 is 0 Å². The Labute approximate surface area is 247 Å². The van der Waals surface area contributed by atoms with Crippen molar-refractivity contribution in [1.29, 1.82) is 0 Å². The van der Waals surface area contributed by atoms with Gasteiger partial charge in [0, 0.05) is 0 Å². The Morgan fingerprint density at radius 2 is 0.850 bits per heavy atom. The molecule has 0 aliphatic heterocycles. The molecule has 0 atom stereocenters. The lowest BCUT2D eigenvalue weighted by molar-refractivity contribution is 0.404. The van der Waals surface area contributed by atoms with Gasteiger partial charge in [-0.15, -0.1) is 0 Å². The number of hydrogen-bond acceptors (Lipinski definition) is 0. The van der Waals surface area contributed by atoms with E-state index in [1.807, 2.05) is 0 Å². The third-order valence-electron chi connectivity index (χ3n) is 8.04. The van der Waals surface area contributed by atoms with Crippen LogP contribution < -0.4 is 0 Å². The van der Waals surface area contributed by atoms with Crippen LogP contribution in [0.15, 0.2) is 142 Å². The van der Waals surface area contributed by atoms with E-state index in [-0.39, 0.29) is 10.8 Å².